The minimum absolute atomic E-state index is 0.0810. The van der Waals surface area contributed by atoms with Crippen molar-refractivity contribution < 1.29 is 24.6 Å². The summed E-state index contributed by atoms with van der Waals surface area (Å²) in [6.45, 7) is -0.0810. The lowest BCUT2D eigenvalue weighted by Crippen LogP contribution is -2.45. The van der Waals surface area contributed by atoms with Crippen molar-refractivity contribution in [2.45, 2.75) is 64.2 Å². The van der Waals surface area contributed by atoms with E-state index in [9.17, 15) is 14.4 Å². The van der Waals surface area contributed by atoms with Gasteiger partial charge in [-0.1, -0.05) is 38.5 Å². The van der Waals surface area contributed by atoms with E-state index in [-0.39, 0.29) is 12.5 Å². The number of hydrogen-bond donors (Lipinski definition) is 4. The summed E-state index contributed by atoms with van der Waals surface area (Å²) in [6, 6.07) is 0. The quantitative estimate of drug-likeness (QED) is 0.567. The molecular weight excluding hydrogens is 300 g/mol. The molecule has 2 amide bonds. The lowest BCUT2D eigenvalue weighted by atomic mass is 9.73. The number of rotatable bonds is 4. The average Bonchev–Trinajstić information content (AvgIpc) is 2.56. The molecule has 2 aliphatic rings. The second kappa shape index (κ2) is 8.29. The van der Waals surface area contributed by atoms with Gasteiger partial charge in [0, 0.05) is 0 Å². The van der Waals surface area contributed by atoms with Gasteiger partial charge in [-0.15, -0.1) is 0 Å². The Morgan fingerprint density at radius 3 is 1.43 bits per heavy atom. The zero-order valence-corrected chi connectivity index (χ0v) is 13.6. The number of aliphatic hydroxyl groups is 1. The van der Waals surface area contributed by atoms with E-state index in [1.54, 1.807) is 0 Å². The van der Waals surface area contributed by atoms with Crippen LogP contribution in [0.5, 0.6) is 0 Å². The Bertz CT molecular complexity index is 422. The highest BCUT2D eigenvalue weighted by atomic mass is 16.4. The van der Waals surface area contributed by atoms with Gasteiger partial charge in [-0.2, -0.15) is 0 Å². The van der Waals surface area contributed by atoms with Crippen LogP contribution in [0.3, 0.4) is 0 Å². The van der Waals surface area contributed by atoms with Gasteiger partial charge in [0.15, 0.2) is 0 Å². The third-order valence-electron chi connectivity index (χ3n) is 5.22. The highest BCUT2D eigenvalue weighted by molar-refractivity contribution is 6.01. The summed E-state index contributed by atoms with van der Waals surface area (Å²) in [4.78, 5) is 32.7. The molecule has 0 heterocycles. The van der Waals surface area contributed by atoms with Crippen LogP contribution in [0.1, 0.15) is 64.2 Å². The number of carbonyl (C=O) groups is 3. The SMILES string of the molecule is NC(=O)C1(C(=O)O)CCCCC1.NC(=O)C1(CO)CCCCC1. The van der Waals surface area contributed by atoms with E-state index < -0.39 is 22.7 Å². The maximum absolute atomic E-state index is 11.0. The smallest absolute Gasteiger partial charge is 0.319 e. The number of carboxylic acids is 1. The number of hydrogen-bond acceptors (Lipinski definition) is 4. The Hall–Kier alpha value is -1.63. The molecule has 0 spiro atoms. The predicted molar refractivity (Wildman–Crippen MR) is 84.1 cm³/mol. The van der Waals surface area contributed by atoms with Crippen LogP contribution >= 0.6 is 0 Å². The summed E-state index contributed by atoms with van der Waals surface area (Å²) in [6.07, 6.45) is 8.10. The van der Waals surface area contributed by atoms with E-state index in [0.29, 0.717) is 12.8 Å². The Morgan fingerprint density at radius 1 is 0.783 bits per heavy atom. The Balaban J connectivity index is 0.000000231. The van der Waals surface area contributed by atoms with Gasteiger partial charge in [-0.3, -0.25) is 14.4 Å². The summed E-state index contributed by atoms with van der Waals surface area (Å²) < 4.78 is 0. The van der Waals surface area contributed by atoms with Crippen molar-refractivity contribution in [1.29, 1.82) is 0 Å². The van der Waals surface area contributed by atoms with Crippen LogP contribution in [0.15, 0.2) is 0 Å². The van der Waals surface area contributed by atoms with Gasteiger partial charge in [0.2, 0.25) is 11.8 Å². The molecule has 2 fully saturated rings. The van der Waals surface area contributed by atoms with Crippen LogP contribution in [0.25, 0.3) is 0 Å². The fourth-order valence-corrected chi connectivity index (χ4v) is 3.43. The molecule has 0 aromatic carbocycles. The monoisotopic (exact) mass is 328 g/mol. The first kappa shape index (κ1) is 19.4. The normalized spacial score (nSPS) is 22.3. The van der Waals surface area contributed by atoms with Crippen LogP contribution in [-0.2, 0) is 14.4 Å². The molecule has 0 unspecified atom stereocenters. The Morgan fingerprint density at radius 2 is 1.22 bits per heavy atom. The standard InChI is InChI=1S/C8H13NO3.C8H15NO2/c9-6(10)8(7(11)12)4-2-1-3-5-8;9-7(11)8(6-10)4-2-1-3-5-8/h1-5H2,(H2,9,10)(H,11,12);10H,1-6H2,(H2,9,11). The number of amides is 2. The molecule has 0 aromatic heterocycles. The zero-order valence-electron chi connectivity index (χ0n) is 13.6. The van der Waals surface area contributed by atoms with Gasteiger partial charge in [-0.25, -0.2) is 0 Å². The minimum atomic E-state index is -1.27. The lowest BCUT2D eigenvalue weighted by molar-refractivity contribution is -0.157. The topological polar surface area (TPSA) is 144 Å². The first-order chi connectivity index (χ1) is 10.8. The van der Waals surface area contributed by atoms with Gasteiger partial charge >= 0.3 is 5.97 Å². The van der Waals surface area contributed by atoms with Crippen LogP contribution in [-0.4, -0.2) is 34.6 Å². The third-order valence-corrected chi connectivity index (χ3v) is 5.22. The van der Waals surface area contributed by atoms with E-state index in [1.165, 1.54) is 0 Å². The predicted octanol–water partition coefficient (Wildman–Crippen LogP) is 0.921. The van der Waals surface area contributed by atoms with Crippen LogP contribution < -0.4 is 11.5 Å². The maximum Gasteiger partial charge on any atom is 0.319 e. The van der Waals surface area contributed by atoms with Crippen molar-refractivity contribution in [2.75, 3.05) is 6.61 Å². The van der Waals surface area contributed by atoms with Crippen LogP contribution in [0, 0.1) is 10.8 Å². The number of aliphatic carboxylic acids is 1. The summed E-state index contributed by atoms with van der Waals surface area (Å²) in [7, 11) is 0. The molecule has 0 aliphatic heterocycles. The summed E-state index contributed by atoms with van der Waals surface area (Å²) in [5.41, 5.74) is 8.45. The third kappa shape index (κ3) is 4.43. The summed E-state index contributed by atoms with van der Waals surface area (Å²) >= 11 is 0. The number of aliphatic hydroxyl groups excluding tert-OH is 1. The van der Waals surface area contributed by atoms with Crippen molar-refractivity contribution in [3.05, 3.63) is 0 Å². The highest BCUT2D eigenvalue weighted by Crippen LogP contribution is 2.36. The number of primary amides is 2. The zero-order chi connectivity index (χ0) is 17.5. The molecule has 23 heavy (non-hydrogen) atoms. The van der Waals surface area contributed by atoms with Gasteiger partial charge < -0.3 is 21.7 Å². The largest absolute Gasteiger partial charge is 0.480 e. The van der Waals surface area contributed by atoms with E-state index in [0.717, 1.165) is 51.4 Å². The second-order valence-electron chi connectivity index (χ2n) is 6.68. The number of carboxylic acid groups (broad SMARTS) is 1. The Kier molecular flexibility index (Phi) is 7.00. The molecule has 6 N–H and O–H groups in total. The Labute approximate surface area is 136 Å². The van der Waals surface area contributed by atoms with Crippen LogP contribution in [0.4, 0.5) is 0 Å². The lowest BCUT2D eigenvalue weighted by Gasteiger charge is -2.31. The fraction of sp³-hybridized carbons (Fsp3) is 0.812. The maximum atomic E-state index is 11.0. The first-order valence-electron chi connectivity index (χ1n) is 8.25. The summed E-state index contributed by atoms with van der Waals surface area (Å²) in [5.74, 6) is -2.08. The molecule has 0 radical (unpaired) electrons. The van der Waals surface area contributed by atoms with Crippen molar-refractivity contribution in [3.8, 4) is 0 Å². The van der Waals surface area contributed by atoms with Crippen molar-refractivity contribution in [2.24, 2.45) is 22.3 Å². The van der Waals surface area contributed by atoms with E-state index >= 15 is 0 Å². The molecule has 0 saturated heterocycles. The number of nitrogens with two attached hydrogens (primary N) is 2. The van der Waals surface area contributed by atoms with Gasteiger partial charge in [0.1, 0.15) is 5.41 Å². The minimum Gasteiger partial charge on any atom is -0.480 e. The number of carbonyl (C=O) groups excluding carboxylic acids is 2. The van der Waals surface area contributed by atoms with E-state index in [2.05, 4.69) is 0 Å². The molecule has 7 nitrogen and oxygen atoms in total. The van der Waals surface area contributed by atoms with Gasteiger partial charge in [0.25, 0.3) is 0 Å². The first-order valence-corrected chi connectivity index (χ1v) is 8.25. The van der Waals surface area contributed by atoms with Gasteiger partial charge in [0.05, 0.1) is 12.0 Å². The molecule has 2 rings (SSSR count). The molecule has 132 valence electrons. The molecule has 2 saturated carbocycles. The van der Waals surface area contributed by atoms with Crippen molar-refractivity contribution >= 4 is 17.8 Å². The molecule has 0 atom stereocenters. The molecule has 0 bridgehead atoms. The van der Waals surface area contributed by atoms with Crippen molar-refractivity contribution in [1.82, 2.24) is 0 Å². The summed E-state index contributed by atoms with van der Waals surface area (Å²) in [5, 5.41) is 17.9. The van der Waals surface area contributed by atoms with Crippen molar-refractivity contribution in [3.63, 3.8) is 0 Å². The van der Waals surface area contributed by atoms with Gasteiger partial charge in [-0.05, 0) is 25.7 Å². The molecule has 0 aromatic rings. The second-order valence-corrected chi connectivity index (χ2v) is 6.68. The average molecular weight is 328 g/mol. The highest BCUT2D eigenvalue weighted by Gasteiger charge is 2.45. The molecule has 2 aliphatic carbocycles. The fourth-order valence-electron chi connectivity index (χ4n) is 3.43. The van der Waals surface area contributed by atoms with Crippen LogP contribution in [0.2, 0.25) is 0 Å². The molecule has 7 heteroatoms. The van der Waals surface area contributed by atoms with E-state index in [1.807, 2.05) is 0 Å². The molecular formula is C16H28N2O5. The van der Waals surface area contributed by atoms with E-state index in [4.69, 9.17) is 21.7 Å².